The molecule has 0 atom stereocenters. The number of aryl methyl sites for hydroxylation is 1. The van der Waals surface area contributed by atoms with Gasteiger partial charge in [-0.25, -0.2) is 22.7 Å². The maximum atomic E-state index is 12.1. The molecule has 0 unspecified atom stereocenters. The number of unbranched alkanes of at least 4 members (excludes halogenated alkanes) is 4. The Morgan fingerprint density at radius 2 is 1.49 bits per heavy atom. The summed E-state index contributed by atoms with van der Waals surface area (Å²) >= 11 is 0. The molecule has 0 aliphatic carbocycles. The van der Waals surface area contributed by atoms with Gasteiger partial charge in [0.1, 0.15) is 10.1 Å². The van der Waals surface area contributed by atoms with Gasteiger partial charge >= 0.3 is 12.1 Å². The van der Waals surface area contributed by atoms with Gasteiger partial charge < -0.3 is 9.87 Å². The number of carbonyl (C=O) groups is 1. The highest BCUT2D eigenvalue weighted by Crippen LogP contribution is 2.10. The van der Waals surface area contributed by atoms with Crippen LogP contribution in [0.1, 0.15) is 84.6 Å². The normalized spacial score (nSPS) is 13.0. The molecule has 1 aliphatic heterocycles. The second-order valence-corrected chi connectivity index (χ2v) is 10.7. The predicted molar refractivity (Wildman–Crippen MR) is 147 cm³/mol. The molecule has 10 heteroatoms. The molecule has 1 aliphatic rings. The van der Waals surface area contributed by atoms with Crippen molar-refractivity contribution in [1.82, 2.24) is 15.3 Å². The molecule has 1 heterocycles. The fourth-order valence-electron chi connectivity index (χ4n) is 3.66. The minimum absolute atomic E-state index is 0.126. The summed E-state index contributed by atoms with van der Waals surface area (Å²) in [5.41, 5.74) is 0.928. The molecule has 0 bridgehead atoms. The molecule has 9 nitrogen and oxygen atoms in total. The quantitative estimate of drug-likeness (QED) is 0.159. The first-order valence-electron chi connectivity index (χ1n) is 13.8. The number of benzene rings is 1. The molecule has 0 radical (unpaired) electrons. The number of hydroxylamine groups is 2. The zero-order chi connectivity index (χ0) is 27.7. The lowest BCUT2D eigenvalue weighted by atomic mass is 10.2. The van der Waals surface area contributed by atoms with Crippen LogP contribution in [0.3, 0.4) is 0 Å². The Morgan fingerprint density at radius 3 is 1.89 bits per heavy atom. The first kappa shape index (κ1) is 32.7. The molecular formula is C27H48N4O5S. The van der Waals surface area contributed by atoms with Crippen molar-refractivity contribution in [2.24, 2.45) is 0 Å². The molecule has 2 amide bonds. The van der Waals surface area contributed by atoms with Crippen LogP contribution < -0.4 is 5.32 Å². The SMILES string of the molecule is CCCCN(CCCC)C(ON1CCNC1=O)=[N+](CCCC)CCCC.Cc1ccc(S(=O)(=O)[O-])cc1. The average Bonchev–Trinajstić information content (AvgIpc) is 3.27. The molecule has 1 aromatic rings. The Bertz CT molecular complexity index is 901. The lowest BCUT2D eigenvalue weighted by Gasteiger charge is -2.24. The average molecular weight is 541 g/mol. The molecule has 212 valence electrons. The molecule has 1 aromatic carbocycles. The van der Waals surface area contributed by atoms with Crippen LogP contribution in [0.15, 0.2) is 29.2 Å². The van der Waals surface area contributed by atoms with Crippen LogP contribution in [0.4, 0.5) is 4.79 Å². The summed E-state index contributed by atoms with van der Waals surface area (Å²) in [7, 11) is -4.27. The van der Waals surface area contributed by atoms with Crippen LogP contribution >= 0.6 is 0 Å². The van der Waals surface area contributed by atoms with E-state index in [1.165, 1.54) is 17.2 Å². The van der Waals surface area contributed by atoms with E-state index in [-0.39, 0.29) is 10.9 Å². The fourth-order valence-corrected chi connectivity index (χ4v) is 4.13. The van der Waals surface area contributed by atoms with Crippen molar-refractivity contribution in [3.8, 4) is 0 Å². The van der Waals surface area contributed by atoms with Gasteiger partial charge in [0.25, 0.3) is 0 Å². The van der Waals surface area contributed by atoms with Gasteiger partial charge in [-0.05, 0) is 44.7 Å². The van der Waals surface area contributed by atoms with E-state index in [1.807, 2.05) is 6.92 Å². The van der Waals surface area contributed by atoms with Crippen molar-refractivity contribution in [1.29, 1.82) is 0 Å². The molecule has 0 aromatic heterocycles. The van der Waals surface area contributed by atoms with Crippen molar-refractivity contribution < 1.29 is 27.2 Å². The molecule has 1 N–H and O–H groups in total. The lowest BCUT2D eigenvalue weighted by molar-refractivity contribution is -0.546. The standard InChI is InChI=1S/C20H40N4O2.C7H8O3S/c1-5-9-14-22(15-10-6-2)20(26-24-18-13-21-19(24)25)23(16-11-7-3)17-12-8-4;1-6-2-4-7(5-3-6)11(8,9)10/h5-18H2,1-4H3;2-5H,1H3,(H,8,9,10). The Labute approximate surface area is 224 Å². The molecule has 1 saturated heterocycles. The highest BCUT2D eigenvalue weighted by Gasteiger charge is 2.31. The van der Waals surface area contributed by atoms with Crippen molar-refractivity contribution in [3.05, 3.63) is 29.8 Å². The first-order valence-corrected chi connectivity index (χ1v) is 15.2. The minimum Gasteiger partial charge on any atom is -0.744 e. The van der Waals surface area contributed by atoms with Crippen molar-refractivity contribution in [2.45, 2.75) is 90.9 Å². The summed E-state index contributed by atoms with van der Waals surface area (Å²) in [5.74, 6) is 0. The largest absolute Gasteiger partial charge is 0.744 e. The Hall–Kier alpha value is -2.33. The lowest BCUT2D eigenvalue weighted by Crippen LogP contribution is -2.46. The number of hydrogen-bond donors (Lipinski definition) is 1. The monoisotopic (exact) mass is 540 g/mol. The second-order valence-electron chi connectivity index (χ2n) is 9.36. The van der Waals surface area contributed by atoms with Crippen molar-refractivity contribution in [3.63, 3.8) is 0 Å². The first-order chi connectivity index (χ1) is 17.7. The van der Waals surface area contributed by atoms with Gasteiger partial charge in [0.2, 0.25) is 0 Å². The number of nitrogens with one attached hydrogen (secondary N) is 1. The van der Waals surface area contributed by atoms with Crippen molar-refractivity contribution >= 4 is 22.2 Å². The van der Waals surface area contributed by atoms with Gasteiger partial charge in [-0.2, -0.15) is 0 Å². The van der Waals surface area contributed by atoms with E-state index in [2.05, 4.69) is 42.5 Å². The van der Waals surface area contributed by atoms with Crippen molar-refractivity contribution in [2.75, 3.05) is 39.3 Å². The Morgan fingerprint density at radius 1 is 0.973 bits per heavy atom. The molecule has 2 rings (SSSR count). The van der Waals surface area contributed by atoms with E-state index in [0.717, 1.165) is 89.1 Å². The van der Waals surface area contributed by atoms with Crippen LogP contribution in [-0.4, -0.2) is 78.8 Å². The number of urea groups is 1. The molecule has 0 saturated carbocycles. The van der Waals surface area contributed by atoms with E-state index >= 15 is 0 Å². The predicted octanol–water partition coefficient (Wildman–Crippen LogP) is 4.71. The van der Waals surface area contributed by atoms with Gasteiger partial charge in [0.15, 0.2) is 0 Å². The Kier molecular flexibility index (Phi) is 15.9. The number of hydrogen-bond acceptors (Lipinski definition) is 5. The van der Waals surface area contributed by atoms with E-state index in [9.17, 15) is 17.8 Å². The fraction of sp³-hybridized carbons (Fsp3) is 0.704. The zero-order valence-electron chi connectivity index (χ0n) is 23.5. The van der Waals surface area contributed by atoms with Gasteiger partial charge in [-0.15, -0.1) is 5.06 Å². The summed E-state index contributed by atoms with van der Waals surface area (Å²) in [6.07, 6.45) is 9.18. The number of amides is 2. The summed E-state index contributed by atoms with van der Waals surface area (Å²) in [4.78, 5) is 20.5. The van der Waals surface area contributed by atoms with Crippen LogP contribution in [0.5, 0.6) is 0 Å². The number of rotatable bonds is 14. The van der Waals surface area contributed by atoms with Crippen LogP contribution in [0.25, 0.3) is 0 Å². The number of amidine groups is 1. The molecule has 1 fully saturated rings. The maximum Gasteiger partial charge on any atom is 0.471 e. The minimum atomic E-state index is -4.27. The van der Waals surface area contributed by atoms with Gasteiger partial charge in [-0.1, -0.05) is 71.1 Å². The van der Waals surface area contributed by atoms with Gasteiger partial charge in [0, 0.05) is 6.54 Å². The maximum absolute atomic E-state index is 12.1. The van der Waals surface area contributed by atoms with E-state index in [0.29, 0.717) is 13.1 Å². The smallest absolute Gasteiger partial charge is 0.471 e. The third-order valence-corrected chi connectivity index (χ3v) is 6.84. The summed E-state index contributed by atoms with van der Waals surface area (Å²) in [6, 6.07) is 6.54. The number of carbonyl (C=O) groups excluding carboxylic acids is 1. The van der Waals surface area contributed by atoms with Gasteiger partial charge in [-0.3, -0.25) is 4.84 Å². The molecule has 0 spiro atoms. The summed E-state index contributed by atoms with van der Waals surface area (Å²) < 4.78 is 33.5. The Balaban J connectivity index is 0.000000516. The van der Waals surface area contributed by atoms with Crippen LogP contribution in [-0.2, 0) is 15.0 Å². The van der Waals surface area contributed by atoms with E-state index < -0.39 is 10.1 Å². The molecule has 37 heavy (non-hydrogen) atoms. The summed E-state index contributed by atoms with van der Waals surface area (Å²) in [6.45, 7) is 15.9. The second kappa shape index (κ2) is 18.0. The highest BCUT2D eigenvalue weighted by atomic mass is 32.2. The van der Waals surface area contributed by atoms with E-state index in [4.69, 9.17) is 4.84 Å². The third-order valence-electron chi connectivity index (χ3n) is 5.99. The van der Waals surface area contributed by atoms with Crippen LogP contribution in [0, 0.1) is 6.92 Å². The summed E-state index contributed by atoms with van der Waals surface area (Å²) in [5, 5.41) is 4.33. The topological polar surface area (TPSA) is 105 Å². The number of nitrogens with zero attached hydrogens (tertiary/aromatic N) is 3. The third kappa shape index (κ3) is 12.6. The van der Waals surface area contributed by atoms with Crippen LogP contribution in [0.2, 0.25) is 0 Å². The van der Waals surface area contributed by atoms with Gasteiger partial charge in [0.05, 0.1) is 37.6 Å². The zero-order valence-corrected chi connectivity index (χ0v) is 24.3. The highest BCUT2D eigenvalue weighted by molar-refractivity contribution is 7.85. The van der Waals surface area contributed by atoms with E-state index in [1.54, 1.807) is 12.1 Å². The molecular weight excluding hydrogens is 492 g/mol.